The van der Waals surface area contributed by atoms with E-state index in [0.29, 0.717) is 11.5 Å². The largest absolute Gasteiger partial charge is 0.508 e. The van der Waals surface area contributed by atoms with Gasteiger partial charge in [-0.1, -0.05) is 38.1 Å². The SMILES string of the molecule is Cc1ccccc1-c1c(C#N)c(CC(C)C)nc2ccc(O)cc12. The third-order valence-electron chi connectivity index (χ3n) is 4.17. The molecule has 1 N–H and O–H groups in total. The van der Waals surface area contributed by atoms with Crippen molar-refractivity contribution in [2.24, 2.45) is 5.92 Å². The summed E-state index contributed by atoms with van der Waals surface area (Å²) in [7, 11) is 0. The second-order valence-electron chi connectivity index (χ2n) is 6.53. The van der Waals surface area contributed by atoms with Gasteiger partial charge in [0.05, 0.1) is 16.8 Å². The van der Waals surface area contributed by atoms with E-state index in [9.17, 15) is 10.4 Å². The predicted octanol–water partition coefficient (Wildman–Crippen LogP) is 4.99. The van der Waals surface area contributed by atoms with E-state index in [1.807, 2.05) is 37.3 Å². The molecule has 1 aromatic heterocycles. The van der Waals surface area contributed by atoms with Crippen LogP contribution in [-0.4, -0.2) is 10.1 Å². The number of rotatable bonds is 3. The van der Waals surface area contributed by atoms with Gasteiger partial charge in [0.15, 0.2) is 0 Å². The fourth-order valence-corrected chi connectivity index (χ4v) is 3.09. The molecule has 0 saturated carbocycles. The average molecular weight is 316 g/mol. The maximum absolute atomic E-state index is 9.94. The molecule has 0 atom stereocenters. The fraction of sp³-hybridized carbons (Fsp3) is 0.238. The highest BCUT2D eigenvalue weighted by Gasteiger charge is 2.18. The summed E-state index contributed by atoms with van der Waals surface area (Å²) in [5, 5.41) is 20.6. The van der Waals surface area contributed by atoms with Crippen LogP contribution in [0.2, 0.25) is 0 Å². The Morgan fingerprint density at radius 3 is 2.58 bits per heavy atom. The zero-order chi connectivity index (χ0) is 17.3. The summed E-state index contributed by atoms with van der Waals surface area (Å²) in [4.78, 5) is 4.71. The molecule has 0 amide bonds. The molecule has 120 valence electrons. The maximum atomic E-state index is 9.94. The van der Waals surface area contributed by atoms with Crippen molar-refractivity contribution in [1.29, 1.82) is 5.26 Å². The second-order valence-corrected chi connectivity index (χ2v) is 6.53. The Bertz CT molecular complexity index is 952. The molecule has 0 spiro atoms. The van der Waals surface area contributed by atoms with E-state index in [2.05, 4.69) is 19.9 Å². The van der Waals surface area contributed by atoms with Crippen LogP contribution in [0.4, 0.5) is 0 Å². The number of benzene rings is 2. The van der Waals surface area contributed by atoms with Crippen molar-refractivity contribution in [3.63, 3.8) is 0 Å². The summed E-state index contributed by atoms with van der Waals surface area (Å²) < 4.78 is 0. The molecule has 0 unspecified atom stereocenters. The highest BCUT2D eigenvalue weighted by Crippen LogP contribution is 2.36. The summed E-state index contributed by atoms with van der Waals surface area (Å²) in [6.45, 7) is 6.28. The third kappa shape index (κ3) is 2.83. The summed E-state index contributed by atoms with van der Waals surface area (Å²) in [6.07, 6.45) is 0.749. The first-order valence-electron chi connectivity index (χ1n) is 8.13. The molecule has 3 rings (SSSR count). The van der Waals surface area contributed by atoms with E-state index in [1.165, 1.54) is 0 Å². The lowest BCUT2D eigenvalue weighted by Crippen LogP contribution is -2.04. The van der Waals surface area contributed by atoms with Crippen LogP contribution in [0.5, 0.6) is 5.75 Å². The van der Waals surface area contributed by atoms with Gasteiger partial charge < -0.3 is 5.11 Å². The van der Waals surface area contributed by atoms with Crippen LogP contribution < -0.4 is 0 Å². The van der Waals surface area contributed by atoms with Crippen molar-refractivity contribution in [1.82, 2.24) is 4.98 Å². The van der Waals surface area contributed by atoms with E-state index < -0.39 is 0 Å². The van der Waals surface area contributed by atoms with E-state index in [4.69, 9.17) is 4.98 Å². The van der Waals surface area contributed by atoms with Crippen molar-refractivity contribution in [3.05, 3.63) is 59.3 Å². The quantitative estimate of drug-likeness (QED) is 0.741. The first-order valence-corrected chi connectivity index (χ1v) is 8.13. The molecule has 0 bridgehead atoms. The molecular weight excluding hydrogens is 296 g/mol. The number of nitriles is 1. The molecule has 0 aliphatic rings. The lowest BCUT2D eigenvalue weighted by molar-refractivity contribution is 0.476. The zero-order valence-corrected chi connectivity index (χ0v) is 14.2. The smallest absolute Gasteiger partial charge is 0.116 e. The van der Waals surface area contributed by atoms with E-state index in [-0.39, 0.29) is 5.75 Å². The number of aryl methyl sites for hydroxylation is 1. The number of aromatic nitrogens is 1. The van der Waals surface area contributed by atoms with Crippen LogP contribution in [0, 0.1) is 24.2 Å². The summed E-state index contributed by atoms with van der Waals surface area (Å²) in [5.41, 5.74) is 5.21. The van der Waals surface area contributed by atoms with Gasteiger partial charge in [-0.15, -0.1) is 0 Å². The minimum atomic E-state index is 0.180. The van der Waals surface area contributed by atoms with E-state index in [1.54, 1.807) is 12.1 Å². The molecule has 0 aliphatic heterocycles. The minimum absolute atomic E-state index is 0.180. The standard InChI is InChI=1S/C21H20N2O/c1-13(2)10-20-18(12-22)21(16-7-5-4-6-14(16)3)17-11-15(24)8-9-19(17)23-20/h4-9,11,13,24H,10H2,1-3H3. The minimum Gasteiger partial charge on any atom is -0.508 e. The van der Waals surface area contributed by atoms with Crippen LogP contribution in [0.1, 0.15) is 30.7 Å². The third-order valence-corrected chi connectivity index (χ3v) is 4.17. The molecular formula is C21H20N2O. The van der Waals surface area contributed by atoms with Crippen LogP contribution in [0.3, 0.4) is 0 Å². The first kappa shape index (κ1) is 16.0. The Labute approximate surface area is 142 Å². The average Bonchev–Trinajstić information content (AvgIpc) is 2.54. The van der Waals surface area contributed by atoms with Crippen molar-refractivity contribution < 1.29 is 5.11 Å². The fourth-order valence-electron chi connectivity index (χ4n) is 3.09. The lowest BCUT2D eigenvalue weighted by atomic mass is 9.90. The molecule has 1 heterocycles. The van der Waals surface area contributed by atoms with Crippen LogP contribution >= 0.6 is 0 Å². The summed E-state index contributed by atoms with van der Waals surface area (Å²) in [5.74, 6) is 0.587. The van der Waals surface area contributed by atoms with Gasteiger partial charge in [0, 0.05) is 10.9 Å². The van der Waals surface area contributed by atoms with Crippen LogP contribution in [0.25, 0.3) is 22.0 Å². The number of phenols is 1. The predicted molar refractivity (Wildman–Crippen MR) is 96.8 cm³/mol. The molecule has 2 aromatic carbocycles. The molecule has 24 heavy (non-hydrogen) atoms. The number of phenolic OH excluding ortho intramolecular Hbond substituents is 1. The number of nitrogens with zero attached hydrogens (tertiary/aromatic N) is 2. The van der Waals surface area contributed by atoms with Crippen molar-refractivity contribution >= 4 is 10.9 Å². The Balaban J connectivity index is 2.45. The molecule has 0 fully saturated rings. The van der Waals surface area contributed by atoms with Gasteiger partial charge in [-0.25, -0.2) is 0 Å². The Hall–Kier alpha value is -2.86. The van der Waals surface area contributed by atoms with Gasteiger partial charge in [0.25, 0.3) is 0 Å². The summed E-state index contributed by atoms with van der Waals surface area (Å²) >= 11 is 0. The molecule has 0 radical (unpaired) electrons. The molecule has 0 aliphatic carbocycles. The number of aromatic hydroxyl groups is 1. The Kier molecular flexibility index (Phi) is 4.22. The number of hydrogen-bond donors (Lipinski definition) is 1. The van der Waals surface area contributed by atoms with Crippen molar-refractivity contribution in [2.75, 3.05) is 0 Å². The van der Waals surface area contributed by atoms with Gasteiger partial charge >= 0.3 is 0 Å². The molecule has 3 aromatic rings. The van der Waals surface area contributed by atoms with Crippen LogP contribution in [-0.2, 0) is 6.42 Å². The van der Waals surface area contributed by atoms with Gasteiger partial charge in [-0.2, -0.15) is 5.26 Å². The number of fused-ring (bicyclic) bond motifs is 1. The second kappa shape index (κ2) is 6.33. The molecule has 0 saturated heterocycles. The van der Waals surface area contributed by atoms with Gasteiger partial charge in [0.1, 0.15) is 11.8 Å². The lowest BCUT2D eigenvalue weighted by Gasteiger charge is -2.16. The van der Waals surface area contributed by atoms with Crippen molar-refractivity contribution in [2.45, 2.75) is 27.2 Å². The monoisotopic (exact) mass is 316 g/mol. The number of hydrogen-bond acceptors (Lipinski definition) is 3. The number of pyridine rings is 1. The Morgan fingerprint density at radius 1 is 1.17 bits per heavy atom. The van der Waals surface area contributed by atoms with Gasteiger partial charge in [0.2, 0.25) is 0 Å². The van der Waals surface area contributed by atoms with E-state index in [0.717, 1.165) is 39.7 Å². The Morgan fingerprint density at radius 2 is 1.92 bits per heavy atom. The van der Waals surface area contributed by atoms with Gasteiger partial charge in [-0.05, 0) is 48.6 Å². The zero-order valence-electron chi connectivity index (χ0n) is 14.2. The highest BCUT2D eigenvalue weighted by atomic mass is 16.3. The van der Waals surface area contributed by atoms with Crippen molar-refractivity contribution in [3.8, 4) is 22.9 Å². The summed E-state index contributed by atoms with van der Waals surface area (Å²) in [6, 6.07) is 15.5. The highest BCUT2D eigenvalue weighted by molar-refractivity contribution is 5.99. The van der Waals surface area contributed by atoms with E-state index >= 15 is 0 Å². The van der Waals surface area contributed by atoms with Gasteiger partial charge in [-0.3, -0.25) is 4.98 Å². The van der Waals surface area contributed by atoms with Crippen LogP contribution in [0.15, 0.2) is 42.5 Å². The maximum Gasteiger partial charge on any atom is 0.116 e. The topological polar surface area (TPSA) is 56.9 Å². The normalized spacial score (nSPS) is 11.0. The first-order chi connectivity index (χ1) is 11.5. The molecule has 3 heteroatoms. The molecule has 3 nitrogen and oxygen atoms in total.